The molecule has 1 amide bonds. The Morgan fingerprint density at radius 2 is 2.20 bits per heavy atom. The van der Waals surface area contributed by atoms with Gasteiger partial charge in [-0.2, -0.15) is 0 Å². The molecule has 1 unspecified atom stereocenters. The molecule has 0 saturated carbocycles. The number of nitrogens with two attached hydrogens (primary N) is 1. The van der Waals surface area contributed by atoms with Crippen LogP contribution in [0.15, 0.2) is 10.5 Å². The van der Waals surface area contributed by atoms with Crippen LogP contribution in [0.4, 0.5) is 0 Å². The maximum atomic E-state index is 11.5. The average molecular weight is 281 g/mol. The molecule has 0 radical (unpaired) electrons. The van der Waals surface area contributed by atoms with Crippen LogP contribution in [0, 0.1) is 6.92 Å². The van der Waals surface area contributed by atoms with E-state index in [9.17, 15) is 4.79 Å². The summed E-state index contributed by atoms with van der Waals surface area (Å²) >= 11 is 0. The predicted octanol–water partition coefficient (Wildman–Crippen LogP) is 2.59. The quantitative estimate of drug-likeness (QED) is 0.436. The number of unbranched alkanes of at least 4 members (excludes halogenated alkanes) is 1. The summed E-state index contributed by atoms with van der Waals surface area (Å²) in [4.78, 5) is 13.9. The van der Waals surface area contributed by atoms with E-state index in [1.54, 1.807) is 6.07 Å². The van der Waals surface area contributed by atoms with Crippen LogP contribution in [-0.4, -0.2) is 23.4 Å². The molecule has 1 rings (SSSR count). The van der Waals surface area contributed by atoms with Gasteiger partial charge in [0.05, 0.1) is 0 Å². The summed E-state index contributed by atoms with van der Waals surface area (Å²) in [6.07, 6.45) is 3.46. The predicted molar refractivity (Wildman–Crippen MR) is 80.2 cm³/mol. The van der Waals surface area contributed by atoms with Crippen molar-refractivity contribution in [2.45, 2.75) is 59.5 Å². The molecule has 0 aliphatic heterocycles. The van der Waals surface area contributed by atoms with Gasteiger partial charge < -0.3 is 4.42 Å². The summed E-state index contributed by atoms with van der Waals surface area (Å²) in [6.45, 7) is 10.4. The molecule has 0 fully saturated rings. The van der Waals surface area contributed by atoms with Gasteiger partial charge in [0.15, 0.2) is 5.76 Å². The first-order valence-corrected chi connectivity index (χ1v) is 7.37. The summed E-state index contributed by atoms with van der Waals surface area (Å²) in [6, 6.07) is 2.31. The third kappa shape index (κ3) is 4.35. The van der Waals surface area contributed by atoms with Crippen molar-refractivity contribution in [3.8, 4) is 0 Å². The van der Waals surface area contributed by atoms with Gasteiger partial charge >= 0.3 is 5.91 Å². The Morgan fingerprint density at radius 1 is 1.50 bits per heavy atom. The third-order valence-corrected chi connectivity index (χ3v) is 3.76. The van der Waals surface area contributed by atoms with Gasteiger partial charge in [0.25, 0.3) is 0 Å². The van der Waals surface area contributed by atoms with Gasteiger partial charge in [-0.25, -0.2) is 5.84 Å². The smallest absolute Gasteiger partial charge is 0.300 e. The van der Waals surface area contributed by atoms with Crippen LogP contribution in [0.1, 0.15) is 61.9 Å². The molecule has 0 saturated heterocycles. The van der Waals surface area contributed by atoms with Crippen LogP contribution < -0.4 is 11.3 Å². The molecule has 1 atom stereocenters. The second-order valence-corrected chi connectivity index (χ2v) is 5.25. The van der Waals surface area contributed by atoms with Gasteiger partial charge in [-0.1, -0.05) is 20.3 Å². The number of nitrogens with zero attached hydrogens (tertiary/aromatic N) is 1. The monoisotopic (exact) mass is 281 g/mol. The van der Waals surface area contributed by atoms with Crippen LogP contribution in [0.2, 0.25) is 0 Å². The van der Waals surface area contributed by atoms with Crippen molar-refractivity contribution in [2.75, 3.05) is 6.54 Å². The fraction of sp³-hybridized carbons (Fsp3) is 0.667. The molecule has 0 aliphatic carbocycles. The number of aryl methyl sites for hydroxylation is 1. The van der Waals surface area contributed by atoms with E-state index in [0.717, 1.165) is 30.8 Å². The average Bonchev–Trinajstić information content (AvgIpc) is 2.82. The molecule has 1 aromatic rings. The van der Waals surface area contributed by atoms with E-state index in [0.29, 0.717) is 6.04 Å². The van der Waals surface area contributed by atoms with Crippen molar-refractivity contribution in [1.29, 1.82) is 0 Å². The lowest BCUT2D eigenvalue weighted by atomic mass is 10.1. The van der Waals surface area contributed by atoms with Crippen LogP contribution in [0.3, 0.4) is 0 Å². The van der Waals surface area contributed by atoms with Gasteiger partial charge in [-0.15, -0.1) is 0 Å². The molecule has 5 nitrogen and oxygen atoms in total. The highest BCUT2D eigenvalue weighted by atomic mass is 16.4. The highest BCUT2D eigenvalue weighted by molar-refractivity contribution is 5.91. The minimum atomic E-state index is -0.386. The lowest BCUT2D eigenvalue weighted by molar-refractivity contribution is 0.0924. The highest BCUT2D eigenvalue weighted by Gasteiger charge is 2.18. The topological polar surface area (TPSA) is 71.5 Å². The number of hydrogen-bond acceptors (Lipinski definition) is 4. The molecular formula is C15H27N3O2. The normalized spacial score (nSPS) is 12.7. The second-order valence-electron chi connectivity index (χ2n) is 5.25. The zero-order chi connectivity index (χ0) is 15.1. The van der Waals surface area contributed by atoms with Crippen molar-refractivity contribution < 1.29 is 9.21 Å². The number of hydrogen-bond donors (Lipinski definition) is 2. The standard InChI is InChI=1S/C15H27N3O2/c1-5-7-8-18(11(3)6-2)10-13-9-14(15(19)17-16)20-12(13)4/h9,11H,5-8,10,16H2,1-4H3,(H,17,19). The first-order chi connectivity index (χ1) is 9.53. The van der Waals surface area contributed by atoms with Gasteiger partial charge in [0, 0.05) is 18.2 Å². The lowest BCUT2D eigenvalue weighted by Gasteiger charge is -2.28. The number of carbonyl (C=O) groups excluding carboxylic acids is 1. The molecule has 3 N–H and O–H groups in total. The summed E-state index contributed by atoms with van der Waals surface area (Å²) < 4.78 is 5.47. The Hall–Kier alpha value is -1.33. The minimum absolute atomic E-state index is 0.277. The van der Waals surface area contributed by atoms with E-state index in [4.69, 9.17) is 10.3 Å². The Kier molecular flexibility index (Phi) is 6.75. The number of furan rings is 1. The summed E-state index contributed by atoms with van der Waals surface area (Å²) in [5.41, 5.74) is 3.15. The Morgan fingerprint density at radius 3 is 2.75 bits per heavy atom. The Bertz CT molecular complexity index is 429. The lowest BCUT2D eigenvalue weighted by Crippen LogP contribution is -2.33. The van der Waals surface area contributed by atoms with E-state index in [-0.39, 0.29) is 11.7 Å². The van der Waals surface area contributed by atoms with Gasteiger partial charge in [0.1, 0.15) is 5.76 Å². The van der Waals surface area contributed by atoms with Crippen molar-refractivity contribution >= 4 is 5.91 Å². The van der Waals surface area contributed by atoms with E-state index in [1.807, 2.05) is 6.92 Å². The van der Waals surface area contributed by atoms with Crippen molar-refractivity contribution in [2.24, 2.45) is 5.84 Å². The third-order valence-electron chi connectivity index (χ3n) is 3.76. The molecule has 114 valence electrons. The zero-order valence-electron chi connectivity index (χ0n) is 13.0. The second kappa shape index (κ2) is 8.07. The Balaban J connectivity index is 2.82. The van der Waals surface area contributed by atoms with Gasteiger partial charge in [-0.3, -0.25) is 15.1 Å². The van der Waals surface area contributed by atoms with Crippen molar-refractivity contribution in [1.82, 2.24) is 10.3 Å². The SMILES string of the molecule is CCCCN(Cc1cc(C(=O)NN)oc1C)C(C)CC. The summed E-state index contributed by atoms with van der Waals surface area (Å²) in [5.74, 6) is 5.81. The molecule has 20 heavy (non-hydrogen) atoms. The van der Waals surface area contributed by atoms with Crippen LogP contribution in [0.25, 0.3) is 0 Å². The molecule has 0 aliphatic rings. The number of nitrogens with one attached hydrogen (secondary N) is 1. The van der Waals surface area contributed by atoms with Crippen molar-refractivity contribution in [3.05, 3.63) is 23.2 Å². The van der Waals surface area contributed by atoms with E-state index >= 15 is 0 Å². The van der Waals surface area contributed by atoms with Crippen LogP contribution >= 0.6 is 0 Å². The first kappa shape index (κ1) is 16.7. The number of amides is 1. The molecule has 0 spiro atoms. The van der Waals surface area contributed by atoms with Crippen LogP contribution in [0.5, 0.6) is 0 Å². The molecule has 0 bridgehead atoms. The minimum Gasteiger partial charge on any atom is -0.456 e. The summed E-state index contributed by atoms with van der Waals surface area (Å²) in [5, 5.41) is 0. The molecular weight excluding hydrogens is 254 g/mol. The Labute approximate surface area is 121 Å². The fourth-order valence-corrected chi connectivity index (χ4v) is 2.15. The first-order valence-electron chi connectivity index (χ1n) is 7.37. The number of carbonyl (C=O) groups is 1. The highest BCUT2D eigenvalue weighted by Crippen LogP contribution is 2.19. The maximum absolute atomic E-state index is 11.5. The zero-order valence-corrected chi connectivity index (χ0v) is 13.0. The molecule has 0 aromatic carbocycles. The maximum Gasteiger partial charge on any atom is 0.300 e. The molecule has 5 heteroatoms. The van der Waals surface area contributed by atoms with Crippen molar-refractivity contribution in [3.63, 3.8) is 0 Å². The number of hydrazine groups is 1. The van der Waals surface area contributed by atoms with Gasteiger partial charge in [0.2, 0.25) is 0 Å². The van der Waals surface area contributed by atoms with E-state index in [2.05, 4.69) is 31.1 Å². The molecule has 1 heterocycles. The van der Waals surface area contributed by atoms with Gasteiger partial charge in [-0.05, 0) is 39.3 Å². The van der Waals surface area contributed by atoms with E-state index in [1.165, 1.54) is 12.8 Å². The summed E-state index contributed by atoms with van der Waals surface area (Å²) in [7, 11) is 0. The largest absolute Gasteiger partial charge is 0.456 e. The number of nitrogen functional groups attached to an aromatic ring is 1. The fourth-order valence-electron chi connectivity index (χ4n) is 2.15. The van der Waals surface area contributed by atoms with E-state index < -0.39 is 0 Å². The van der Waals surface area contributed by atoms with Crippen LogP contribution in [-0.2, 0) is 6.54 Å². The molecule has 1 aromatic heterocycles. The number of rotatable bonds is 8.